The van der Waals surface area contributed by atoms with Crippen molar-refractivity contribution in [3.05, 3.63) is 99.4 Å². The van der Waals surface area contributed by atoms with Crippen LogP contribution in [0.25, 0.3) is 0 Å². The maximum Gasteiger partial charge on any atom is 0.343 e. The Labute approximate surface area is 204 Å². The summed E-state index contributed by atoms with van der Waals surface area (Å²) in [5.41, 5.74) is 1.69. The third kappa shape index (κ3) is 4.66. The smallest absolute Gasteiger partial charge is 0.343 e. The minimum absolute atomic E-state index is 0.0848. The number of halogens is 3. The first-order valence-electron chi connectivity index (χ1n) is 10.2. The van der Waals surface area contributed by atoms with Crippen LogP contribution in [0.4, 0.5) is 15.8 Å². The van der Waals surface area contributed by atoms with Gasteiger partial charge in [-0.25, -0.2) is 14.1 Å². The van der Waals surface area contributed by atoms with Crippen molar-refractivity contribution in [1.29, 1.82) is 0 Å². The van der Waals surface area contributed by atoms with Crippen LogP contribution in [0.15, 0.2) is 77.5 Å². The van der Waals surface area contributed by atoms with Gasteiger partial charge >= 0.3 is 5.97 Å². The number of carbonyl (C=O) groups excluding carboxylic acids is 3. The number of amides is 2. The van der Waals surface area contributed by atoms with Gasteiger partial charge in [0.25, 0.3) is 11.8 Å². The molecule has 1 heterocycles. The van der Waals surface area contributed by atoms with Gasteiger partial charge < -0.3 is 10.1 Å². The first-order chi connectivity index (χ1) is 16.3. The number of nitrogens with one attached hydrogen (secondary N) is 1. The number of hydrogen-bond acceptors (Lipinski definition) is 5. The molecule has 0 atom stereocenters. The molecule has 172 valence electrons. The molecule has 1 N–H and O–H groups in total. The first kappa shape index (κ1) is 23.5. The molecule has 0 fully saturated rings. The summed E-state index contributed by atoms with van der Waals surface area (Å²) in [7, 11) is 0. The van der Waals surface area contributed by atoms with Gasteiger partial charge in [0.15, 0.2) is 0 Å². The highest BCUT2D eigenvalue weighted by Crippen LogP contribution is 2.32. The van der Waals surface area contributed by atoms with E-state index in [1.54, 1.807) is 24.3 Å². The fourth-order valence-electron chi connectivity index (χ4n) is 3.30. The van der Waals surface area contributed by atoms with Crippen molar-refractivity contribution in [1.82, 2.24) is 0 Å². The summed E-state index contributed by atoms with van der Waals surface area (Å²) in [4.78, 5) is 38.7. The number of esters is 1. The van der Waals surface area contributed by atoms with Gasteiger partial charge in [-0.05, 0) is 66.6 Å². The number of rotatable bonds is 6. The Hall–Kier alpha value is -3.68. The van der Waals surface area contributed by atoms with Crippen molar-refractivity contribution in [3.63, 3.8) is 0 Å². The molecule has 0 aliphatic carbocycles. The molecule has 2 amide bonds. The molecule has 0 bridgehead atoms. The number of ether oxygens (including phenoxy) is 1. The lowest BCUT2D eigenvalue weighted by molar-refractivity contribution is -0.120. The predicted molar refractivity (Wildman–Crippen MR) is 128 cm³/mol. The summed E-state index contributed by atoms with van der Waals surface area (Å²) >= 11 is 11.9. The second-order valence-corrected chi connectivity index (χ2v) is 8.11. The van der Waals surface area contributed by atoms with E-state index in [-0.39, 0.29) is 21.4 Å². The average molecular weight is 499 g/mol. The summed E-state index contributed by atoms with van der Waals surface area (Å²) in [5, 5.41) is 2.24. The minimum Gasteiger partial charge on any atom is -0.423 e. The Morgan fingerprint density at radius 2 is 1.74 bits per heavy atom. The van der Waals surface area contributed by atoms with E-state index in [4.69, 9.17) is 27.9 Å². The van der Waals surface area contributed by atoms with Gasteiger partial charge in [-0.2, -0.15) is 0 Å². The van der Waals surface area contributed by atoms with Crippen LogP contribution in [-0.4, -0.2) is 17.8 Å². The fraction of sp³-hybridized carbons (Fsp3) is 0.0800. The summed E-state index contributed by atoms with van der Waals surface area (Å²) < 4.78 is 18.9. The van der Waals surface area contributed by atoms with Crippen LogP contribution in [0.3, 0.4) is 0 Å². The average Bonchev–Trinajstić information content (AvgIpc) is 3.04. The third-order valence-corrected chi connectivity index (χ3v) is 5.74. The van der Waals surface area contributed by atoms with Crippen LogP contribution in [0.5, 0.6) is 5.75 Å². The van der Waals surface area contributed by atoms with Crippen LogP contribution < -0.4 is 15.0 Å². The van der Waals surface area contributed by atoms with E-state index in [0.29, 0.717) is 17.0 Å². The van der Waals surface area contributed by atoms with E-state index in [9.17, 15) is 18.8 Å². The molecule has 1 aliphatic heterocycles. The zero-order chi connectivity index (χ0) is 24.4. The highest BCUT2D eigenvalue weighted by atomic mass is 35.5. The third-order valence-electron chi connectivity index (χ3n) is 5.10. The Bertz CT molecular complexity index is 1340. The maximum atomic E-state index is 13.5. The molecular formula is C25H17Cl2FN2O4. The second kappa shape index (κ2) is 9.67. The number of hydrogen-bond donors (Lipinski definition) is 1. The molecule has 0 radical (unpaired) electrons. The lowest BCUT2D eigenvalue weighted by Gasteiger charge is -2.15. The van der Waals surface area contributed by atoms with E-state index >= 15 is 0 Å². The van der Waals surface area contributed by atoms with E-state index in [1.807, 2.05) is 19.1 Å². The second-order valence-electron chi connectivity index (χ2n) is 7.33. The van der Waals surface area contributed by atoms with Crippen LogP contribution >= 0.6 is 23.2 Å². The van der Waals surface area contributed by atoms with E-state index in [1.165, 1.54) is 18.2 Å². The van der Waals surface area contributed by atoms with Crippen molar-refractivity contribution in [3.8, 4) is 5.75 Å². The Kier molecular flexibility index (Phi) is 6.68. The van der Waals surface area contributed by atoms with Crippen molar-refractivity contribution >= 4 is 52.4 Å². The standard InChI is InChI=1S/C25H17Cl2FN2O4/c1-2-14-4-3-5-18(12-14)34-25(33)15-6-8-16(9-7-15)29-22-21(27)23(31)30(24(22)32)17-10-11-20(28)19(26)13-17/h3-13,29H,2H2,1H3. The molecular weight excluding hydrogens is 482 g/mol. The quantitative estimate of drug-likeness (QED) is 0.268. The van der Waals surface area contributed by atoms with Gasteiger partial charge in [-0.3, -0.25) is 9.59 Å². The highest BCUT2D eigenvalue weighted by molar-refractivity contribution is 6.53. The molecule has 0 unspecified atom stereocenters. The highest BCUT2D eigenvalue weighted by Gasteiger charge is 2.39. The topological polar surface area (TPSA) is 75.7 Å². The van der Waals surface area contributed by atoms with Crippen molar-refractivity contribution in [2.75, 3.05) is 10.2 Å². The lowest BCUT2D eigenvalue weighted by Crippen LogP contribution is -2.32. The molecule has 0 saturated carbocycles. The zero-order valence-electron chi connectivity index (χ0n) is 17.8. The van der Waals surface area contributed by atoms with E-state index in [2.05, 4.69) is 5.32 Å². The van der Waals surface area contributed by atoms with Crippen LogP contribution in [-0.2, 0) is 16.0 Å². The number of imide groups is 1. The molecule has 9 heteroatoms. The number of nitrogens with zero attached hydrogens (tertiary/aromatic N) is 1. The minimum atomic E-state index is -0.772. The van der Waals surface area contributed by atoms with Crippen LogP contribution in [0.1, 0.15) is 22.8 Å². The SMILES string of the molecule is CCc1cccc(OC(=O)c2ccc(NC3=C(Cl)C(=O)N(c4ccc(F)c(Cl)c4)C3=O)cc2)c1. The largest absolute Gasteiger partial charge is 0.423 e. The van der Waals surface area contributed by atoms with Crippen molar-refractivity contribution < 1.29 is 23.5 Å². The van der Waals surface area contributed by atoms with Gasteiger partial charge in [0, 0.05) is 5.69 Å². The summed E-state index contributed by atoms with van der Waals surface area (Å²) in [6.45, 7) is 2.00. The van der Waals surface area contributed by atoms with Crippen LogP contribution in [0.2, 0.25) is 5.02 Å². The molecule has 3 aromatic carbocycles. The Morgan fingerprint density at radius 3 is 2.41 bits per heavy atom. The van der Waals surface area contributed by atoms with Gasteiger partial charge in [-0.15, -0.1) is 0 Å². The van der Waals surface area contributed by atoms with E-state index < -0.39 is 23.6 Å². The van der Waals surface area contributed by atoms with Crippen molar-refractivity contribution in [2.45, 2.75) is 13.3 Å². The Balaban J connectivity index is 1.48. The molecule has 1 aliphatic rings. The van der Waals surface area contributed by atoms with Crippen LogP contribution in [0, 0.1) is 5.82 Å². The van der Waals surface area contributed by atoms with E-state index in [0.717, 1.165) is 29.0 Å². The molecule has 4 rings (SSSR count). The fourth-order valence-corrected chi connectivity index (χ4v) is 3.69. The Morgan fingerprint density at radius 1 is 1.00 bits per heavy atom. The summed E-state index contributed by atoms with van der Waals surface area (Å²) in [6, 6.07) is 16.8. The summed E-state index contributed by atoms with van der Waals surface area (Å²) in [6.07, 6.45) is 0.816. The molecule has 0 aromatic heterocycles. The number of aryl methyl sites for hydroxylation is 1. The monoisotopic (exact) mass is 498 g/mol. The normalized spacial score (nSPS) is 13.5. The van der Waals surface area contributed by atoms with Gasteiger partial charge in [0.2, 0.25) is 0 Å². The lowest BCUT2D eigenvalue weighted by atomic mass is 10.1. The van der Waals surface area contributed by atoms with Gasteiger partial charge in [-0.1, -0.05) is 42.3 Å². The summed E-state index contributed by atoms with van der Waals surface area (Å²) in [5.74, 6) is -2.27. The van der Waals surface area contributed by atoms with Gasteiger partial charge in [0.05, 0.1) is 16.3 Å². The molecule has 3 aromatic rings. The zero-order valence-corrected chi connectivity index (χ0v) is 19.3. The molecule has 34 heavy (non-hydrogen) atoms. The number of anilines is 2. The molecule has 0 saturated heterocycles. The maximum absolute atomic E-state index is 13.5. The number of carbonyl (C=O) groups is 3. The first-order valence-corrected chi connectivity index (χ1v) is 11.0. The number of benzene rings is 3. The molecule has 0 spiro atoms. The predicted octanol–water partition coefficient (Wildman–Crippen LogP) is 5.70. The van der Waals surface area contributed by atoms with Crippen molar-refractivity contribution in [2.24, 2.45) is 0 Å². The molecule has 6 nitrogen and oxygen atoms in total. The van der Waals surface area contributed by atoms with Gasteiger partial charge in [0.1, 0.15) is 22.3 Å².